The average molecular weight is 935 g/mol. The first-order valence-electron chi connectivity index (χ1n) is 23.0. The number of aromatic nitrogens is 2. The van der Waals surface area contributed by atoms with Gasteiger partial charge in [-0.05, 0) is 99.9 Å². The van der Waals surface area contributed by atoms with E-state index in [1.165, 1.54) is 14.2 Å². The predicted molar refractivity (Wildman–Crippen MR) is 249 cm³/mol. The number of nitrogens with zero attached hydrogens (tertiary/aromatic N) is 4. The van der Waals surface area contributed by atoms with Crippen LogP contribution >= 0.6 is 0 Å². The number of carbonyl (C=O) groups excluding carboxylic acids is 3. The summed E-state index contributed by atoms with van der Waals surface area (Å²) in [7, 11) is 9.35. The molecule has 4 aromatic rings. The molecular weight excluding hydrogens is 877 g/mol. The third-order valence-electron chi connectivity index (χ3n) is 13.1. The van der Waals surface area contributed by atoms with Gasteiger partial charge in [-0.15, -0.1) is 0 Å². The summed E-state index contributed by atoms with van der Waals surface area (Å²) in [6, 6.07) is 11.2. The van der Waals surface area contributed by atoms with Gasteiger partial charge in [0, 0.05) is 52.9 Å². The van der Waals surface area contributed by atoms with Crippen molar-refractivity contribution in [2.24, 2.45) is 9.98 Å². The number of Topliss-reactive ketones (excluding diaryl/α,β-unsaturated/α-hetero) is 1. The Balaban J connectivity index is 0.918. The van der Waals surface area contributed by atoms with Crippen molar-refractivity contribution >= 4 is 29.1 Å². The van der Waals surface area contributed by atoms with Gasteiger partial charge in [0.05, 0.1) is 85.8 Å². The van der Waals surface area contributed by atoms with Gasteiger partial charge in [-0.25, -0.2) is 14.8 Å². The molecule has 360 valence electrons. The molecule has 2 aliphatic carbocycles. The molecule has 0 amide bonds. The molecule has 8 rings (SSSR count). The van der Waals surface area contributed by atoms with Crippen LogP contribution in [0.2, 0.25) is 0 Å². The maximum absolute atomic E-state index is 13.3. The van der Waals surface area contributed by atoms with Crippen molar-refractivity contribution < 1.29 is 61.8 Å². The van der Waals surface area contributed by atoms with Crippen LogP contribution in [-0.2, 0) is 23.9 Å². The minimum atomic E-state index is -0.971. The van der Waals surface area contributed by atoms with E-state index in [9.17, 15) is 14.4 Å². The number of fused-ring (bicyclic) bond motifs is 6. The number of ether oxygens (including phenoxy) is 10. The Bertz CT molecular complexity index is 2610. The normalized spacial score (nSPS) is 21.2. The summed E-state index contributed by atoms with van der Waals surface area (Å²) in [6.45, 7) is 4.68. The van der Waals surface area contributed by atoms with Gasteiger partial charge in [0.15, 0.2) is 34.5 Å². The van der Waals surface area contributed by atoms with E-state index >= 15 is 0 Å². The van der Waals surface area contributed by atoms with E-state index in [0.717, 1.165) is 39.1 Å². The SMILES string of the molecule is CCOc1cc2c(cc1OC)C(c1cnc(OC)c(OC)c1)=N[C@@H]1CC[C@@H](OC(=O)CCC(=O)C(=O)O[C@@H]3CC[C@H]4N=C(c5cnc(OC)c(OC)c5)c5cc(OC)c(OCC)cc5[C@H]4C3)C[C@H]21. The van der Waals surface area contributed by atoms with Crippen molar-refractivity contribution in [2.45, 2.75) is 101 Å². The fraction of sp³-hybridized carbons (Fsp3) is 0.471. The Morgan fingerprint density at radius 1 is 0.529 bits per heavy atom. The number of ketones is 1. The van der Waals surface area contributed by atoms with E-state index in [1.807, 2.05) is 50.2 Å². The first-order chi connectivity index (χ1) is 33.0. The van der Waals surface area contributed by atoms with Gasteiger partial charge < -0.3 is 47.4 Å². The molecule has 0 spiro atoms. The van der Waals surface area contributed by atoms with Gasteiger partial charge in [-0.3, -0.25) is 19.6 Å². The van der Waals surface area contributed by atoms with Crippen LogP contribution < -0.4 is 37.9 Å². The highest BCUT2D eigenvalue weighted by molar-refractivity contribution is 6.33. The van der Waals surface area contributed by atoms with E-state index < -0.39 is 29.9 Å². The molecular formula is C51H58N4O13. The number of methoxy groups -OCH3 is 6. The molecule has 0 saturated heterocycles. The molecule has 4 aliphatic rings. The molecule has 2 aromatic heterocycles. The Hall–Kier alpha value is -6.91. The van der Waals surface area contributed by atoms with Gasteiger partial charge in [0.25, 0.3) is 11.8 Å². The van der Waals surface area contributed by atoms with Crippen LogP contribution in [0.4, 0.5) is 0 Å². The second kappa shape index (κ2) is 20.9. The number of benzene rings is 2. The van der Waals surface area contributed by atoms with Crippen LogP contribution in [0.15, 0.2) is 58.8 Å². The third-order valence-corrected chi connectivity index (χ3v) is 13.1. The highest BCUT2D eigenvalue weighted by Gasteiger charge is 2.41. The number of esters is 2. The summed E-state index contributed by atoms with van der Waals surface area (Å²) in [5, 5.41) is 0. The molecule has 0 radical (unpaired) electrons. The van der Waals surface area contributed by atoms with Gasteiger partial charge in [0.2, 0.25) is 5.78 Å². The minimum absolute atomic E-state index is 0.102. The first kappa shape index (κ1) is 47.6. The largest absolute Gasteiger partial charge is 0.493 e. The summed E-state index contributed by atoms with van der Waals surface area (Å²) in [4.78, 5) is 59.3. The lowest BCUT2D eigenvalue weighted by atomic mass is 9.74. The summed E-state index contributed by atoms with van der Waals surface area (Å²) < 4.78 is 57.2. The number of aliphatic imine (C=N–C) groups is 2. The smallest absolute Gasteiger partial charge is 0.374 e. The zero-order valence-electron chi connectivity index (χ0n) is 39.8. The van der Waals surface area contributed by atoms with Crippen molar-refractivity contribution in [3.8, 4) is 46.3 Å². The highest BCUT2D eigenvalue weighted by atomic mass is 16.6. The molecule has 4 heterocycles. The Kier molecular flexibility index (Phi) is 14.7. The standard InChI is InChI=1S/C51H58N4O13/c1-9-65-42-21-31-33-19-29(11-13-37(33)54-47(35(31)23-40(42)59-3)27-17-44(61-5)49(63-7)52-25-27)67-46(57)16-15-39(56)51(58)68-30-12-14-38-34(20-30)32-22-43(66-10-2)41(60-4)24-36(32)48(55-38)28-18-45(62-6)50(64-8)53-26-28/h17-18,21-26,29-30,33-34,37-38H,9-16,19-20H2,1-8H3/t29-,30-,33-,34-,37-,38-/m1/s1. The van der Waals surface area contributed by atoms with E-state index in [-0.39, 0.29) is 36.8 Å². The van der Waals surface area contributed by atoms with Gasteiger partial charge in [-0.2, -0.15) is 0 Å². The fourth-order valence-corrected chi connectivity index (χ4v) is 9.89. The monoisotopic (exact) mass is 934 g/mol. The molecule has 2 aromatic carbocycles. The van der Waals surface area contributed by atoms with E-state index in [2.05, 4.69) is 9.97 Å². The number of hydrogen-bond acceptors (Lipinski definition) is 17. The van der Waals surface area contributed by atoms with Gasteiger partial charge >= 0.3 is 11.9 Å². The van der Waals surface area contributed by atoms with Crippen molar-refractivity contribution in [2.75, 3.05) is 55.9 Å². The zero-order chi connectivity index (χ0) is 48.1. The van der Waals surface area contributed by atoms with Crippen molar-refractivity contribution in [3.05, 3.63) is 82.2 Å². The van der Waals surface area contributed by atoms with Crippen LogP contribution in [0, 0.1) is 0 Å². The molecule has 2 fully saturated rings. The van der Waals surface area contributed by atoms with E-state index in [4.69, 9.17) is 57.4 Å². The third kappa shape index (κ3) is 9.60. The van der Waals surface area contributed by atoms with Crippen molar-refractivity contribution in [3.63, 3.8) is 0 Å². The molecule has 2 aliphatic heterocycles. The van der Waals surface area contributed by atoms with Crippen LogP contribution in [0.25, 0.3) is 0 Å². The fourth-order valence-electron chi connectivity index (χ4n) is 9.89. The average Bonchev–Trinajstić information content (AvgIpc) is 3.36. The molecule has 17 nitrogen and oxygen atoms in total. The van der Waals surface area contributed by atoms with Gasteiger partial charge in [-0.1, -0.05) is 0 Å². The van der Waals surface area contributed by atoms with Crippen molar-refractivity contribution in [1.82, 2.24) is 9.97 Å². The Morgan fingerprint density at radius 3 is 1.41 bits per heavy atom. The zero-order valence-corrected chi connectivity index (χ0v) is 39.8. The molecule has 0 bridgehead atoms. The molecule has 6 atom stereocenters. The van der Waals surface area contributed by atoms with Crippen LogP contribution in [-0.4, -0.2) is 119 Å². The Morgan fingerprint density at radius 2 is 0.985 bits per heavy atom. The molecule has 17 heteroatoms. The minimum Gasteiger partial charge on any atom is -0.493 e. The lowest BCUT2D eigenvalue weighted by molar-refractivity contribution is -0.160. The second-order valence-electron chi connectivity index (χ2n) is 16.9. The summed E-state index contributed by atoms with van der Waals surface area (Å²) in [5.74, 6) is 1.38. The molecule has 2 saturated carbocycles. The van der Waals surface area contributed by atoms with Crippen LogP contribution in [0.3, 0.4) is 0 Å². The van der Waals surface area contributed by atoms with Crippen LogP contribution in [0.5, 0.6) is 46.3 Å². The summed E-state index contributed by atoms with van der Waals surface area (Å²) in [5.41, 5.74) is 6.55. The predicted octanol–water partition coefficient (Wildman–Crippen LogP) is 7.17. The number of carbonyl (C=O) groups is 3. The number of hydrogen-bond donors (Lipinski definition) is 0. The summed E-state index contributed by atoms with van der Waals surface area (Å²) in [6.07, 6.45) is 5.06. The maximum Gasteiger partial charge on any atom is 0.374 e. The lowest BCUT2D eigenvalue weighted by Gasteiger charge is -2.38. The van der Waals surface area contributed by atoms with E-state index in [0.29, 0.717) is 104 Å². The van der Waals surface area contributed by atoms with E-state index in [1.54, 1.807) is 40.8 Å². The van der Waals surface area contributed by atoms with Crippen LogP contribution in [0.1, 0.15) is 110 Å². The quantitative estimate of drug-likeness (QED) is 0.0719. The van der Waals surface area contributed by atoms with Gasteiger partial charge in [0.1, 0.15) is 12.2 Å². The maximum atomic E-state index is 13.3. The molecule has 68 heavy (non-hydrogen) atoms. The highest BCUT2D eigenvalue weighted by Crippen LogP contribution is 2.48. The van der Waals surface area contributed by atoms with Crippen molar-refractivity contribution in [1.29, 1.82) is 0 Å². The lowest BCUT2D eigenvalue weighted by Crippen LogP contribution is -2.37. The molecule has 0 N–H and O–H groups in total. The molecule has 0 unspecified atom stereocenters. The Labute approximate surface area is 395 Å². The topological polar surface area (TPSA) is 194 Å². The summed E-state index contributed by atoms with van der Waals surface area (Å²) >= 11 is 0. The number of rotatable bonds is 18. The number of pyridine rings is 2. The first-order valence-corrected chi connectivity index (χ1v) is 23.0. The second-order valence-corrected chi connectivity index (χ2v) is 16.9.